The third kappa shape index (κ3) is 2.46. The summed E-state index contributed by atoms with van der Waals surface area (Å²) >= 11 is 0. The number of para-hydroxylation sites is 1. The van der Waals surface area contributed by atoms with Crippen LogP contribution in [0, 0.1) is 0 Å². The number of hydrogen-bond donors (Lipinski definition) is 1. The summed E-state index contributed by atoms with van der Waals surface area (Å²) in [5.74, 6) is 1.07. The van der Waals surface area contributed by atoms with Crippen molar-refractivity contribution < 1.29 is 0 Å². The van der Waals surface area contributed by atoms with Crippen LogP contribution in [0.5, 0.6) is 0 Å². The summed E-state index contributed by atoms with van der Waals surface area (Å²) in [7, 11) is 1.98. The number of rotatable bonds is 5. The lowest BCUT2D eigenvalue weighted by Gasteiger charge is -2.21. The van der Waals surface area contributed by atoms with Crippen LogP contribution in [-0.2, 0) is 6.54 Å². The van der Waals surface area contributed by atoms with E-state index in [-0.39, 0.29) is 0 Å². The van der Waals surface area contributed by atoms with Crippen molar-refractivity contribution in [2.75, 3.05) is 25.0 Å². The molecular weight excluding hydrogens is 222 g/mol. The molecule has 96 valence electrons. The van der Waals surface area contributed by atoms with Crippen molar-refractivity contribution in [3.8, 4) is 0 Å². The van der Waals surface area contributed by atoms with Gasteiger partial charge >= 0.3 is 0 Å². The standard InChI is InChI=1S/C15H21N3/c1-4-18(5-2)15-10-12(11-16-3)13-8-6-7-9-14(13)17-15/h6-10,16H,4-5,11H2,1-3H3. The highest BCUT2D eigenvalue weighted by atomic mass is 15.2. The second kappa shape index (κ2) is 5.83. The Morgan fingerprint density at radius 2 is 1.89 bits per heavy atom. The first-order valence-electron chi connectivity index (χ1n) is 6.58. The molecular formula is C15H21N3. The van der Waals surface area contributed by atoms with Crippen molar-refractivity contribution in [2.24, 2.45) is 0 Å². The summed E-state index contributed by atoms with van der Waals surface area (Å²) in [6.07, 6.45) is 0. The number of hydrogen-bond acceptors (Lipinski definition) is 3. The Balaban J connectivity index is 2.56. The molecule has 1 aromatic carbocycles. The predicted molar refractivity (Wildman–Crippen MR) is 78.1 cm³/mol. The average Bonchev–Trinajstić information content (AvgIpc) is 2.40. The first-order chi connectivity index (χ1) is 8.80. The normalized spacial score (nSPS) is 10.8. The van der Waals surface area contributed by atoms with Crippen LogP contribution >= 0.6 is 0 Å². The molecule has 3 nitrogen and oxygen atoms in total. The van der Waals surface area contributed by atoms with Gasteiger partial charge in [0.15, 0.2) is 0 Å². The van der Waals surface area contributed by atoms with Gasteiger partial charge in [0.25, 0.3) is 0 Å². The highest BCUT2D eigenvalue weighted by molar-refractivity contribution is 5.84. The van der Waals surface area contributed by atoms with Gasteiger partial charge in [-0.25, -0.2) is 4.98 Å². The topological polar surface area (TPSA) is 28.2 Å². The van der Waals surface area contributed by atoms with Crippen molar-refractivity contribution in [2.45, 2.75) is 20.4 Å². The van der Waals surface area contributed by atoms with Crippen molar-refractivity contribution in [3.63, 3.8) is 0 Å². The van der Waals surface area contributed by atoms with E-state index in [1.807, 2.05) is 13.1 Å². The Morgan fingerprint density at radius 1 is 1.17 bits per heavy atom. The maximum Gasteiger partial charge on any atom is 0.129 e. The van der Waals surface area contributed by atoms with E-state index in [1.54, 1.807) is 0 Å². The lowest BCUT2D eigenvalue weighted by atomic mass is 10.1. The average molecular weight is 243 g/mol. The quantitative estimate of drug-likeness (QED) is 0.875. The first kappa shape index (κ1) is 12.8. The molecule has 0 aliphatic heterocycles. The molecule has 1 heterocycles. The molecule has 0 bridgehead atoms. The fraction of sp³-hybridized carbons (Fsp3) is 0.400. The molecule has 0 amide bonds. The number of nitrogens with zero attached hydrogens (tertiary/aromatic N) is 2. The van der Waals surface area contributed by atoms with Gasteiger partial charge in [-0.15, -0.1) is 0 Å². The van der Waals surface area contributed by atoms with E-state index in [9.17, 15) is 0 Å². The Bertz CT molecular complexity index is 518. The van der Waals surface area contributed by atoms with Crippen LogP contribution in [-0.4, -0.2) is 25.1 Å². The first-order valence-corrected chi connectivity index (χ1v) is 6.58. The molecule has 0 unspecified atom stereocenters. The molecule has 0 radical (unpaired) electrons. The van der Waals surface area contributed by atoms with E-state index < -0.39 is 0 Å². The smallest absolute Gasteiger partial charge is 0.129 e. The largest absolute Gasteiger partial charge is 0.357 e. The molecule has 2 rings (SSSR count). The molecule has 1 N–H and O–H groups in total. The second-order valence-electron chi connectivity index (χ2n) is 4.36. The van der Waals surface area contributed by atoms with Crippen LogP contribution in [0.15, 0.2) is 30.3 Å². The molecule has 0 aliphatic carbocycles. The summed E-state index contributed by atoms with van der Waals surface area (Å²) in [6, 6.07) is 10.5. The zero-order valence-corrected chi connectivity index (χ0v) is 11.4. The summed E-state index contributed by atoms with van der Waals surface area (Å²) in [5, 5.41) is 4.47. The van der Waals surface area contributed by atoms with Gasteiger partial charge in [-0.3, -0.25) is 0 Å². The Morgan fingerprint density at radius 3 is 2.56 bits per heavy atom. The fourth-order valence-corrected chi connectivity index (χ4v) is 2.28. The van der Waals surface area contributed by atoms with Crippen LogP contribution in [0.2, 0.25) is 0 Å². The lowest BCUT2D eigenvalue weighted by molar-refractivity contribution is 0.813. The molecule has 18 heavy (non-hydrogen) atoms. The van der Waals surface area contributed by atoms with Crippen molar-refractivity contribution in [1.82, 2.24) is 10.3 Å². The maximum absolute atomic E-state index is 4.76. The van der Waals surface area contributed by atoms with Gasteiger partial charge < -0.3 is 10.2 Å². The number of anilines is 1. The Kier molecular flexibility index (Phi) is 4.15. The van der Waals surface area contributed by atoms with Gasteiger partial charge in [0.2, 0.25) is 0 Å². The highest BCUT2D eigenvalue weighted by Gasteiger charge is 2.08. The molecule has 0 saturated carbocycles. The van der Waals surface area contributed by atoms with Crippen LogP contribution < -0.4 is 10.2 Å². The Hall–Kier alpha value is -1.61. The molecule has 0 aliphatic rings. The van der Waals surface area contributed by atoms with Crippen molar-refractivity contribution in [1.29, 1.82) is 0 Å². The van der Waals surface area contributed by atoms with Gasteiger partial charge in [-0.1, -0.05) is 18.2 Å². The SMILES string of the molecule is CCN(CC)c1cc(CNC)c2ccccc2n1. The zero-order chi connectivity index (χ0) is 13.0. The van der Waals surface area contributed by atoms with Gasteiger partial charge in [0, 0.05) is 25.0 Å². The number of nitrogens with one attached hydrogen (secondary N) is 1. The van der Waals surface area contributed by atoms with E-state index in [1.165, 1.54) is 10.9 Å². The van der Waals surface area contributed by atoms with Crippen LogP contribution in [0.1, 0.15) is 19.4 Å². The molecule has 2 aromatic rings. The molecule has 1 aromatic heterocycles. The van der Waals surface area contributed by atoms with Crippen LogP contribution in [0.4, 0.5) is 5.82 Å². The minimum absolute atomic E-state index is 0.872. The van der Waals surface area contributed by atoms with Gasteiger partial charge in [0.05, 0.1) is 5.52 Å². The molecule has 0 saturated heterocycles. The van der Waals surface area contributed by atoms with Crippen molar-refractivity contribution in [3.05, 3.63) is 35.9 Å². The minimum Gasteiger partial charge on any atom is -0.357 e. The molecule has 0 fully saturated rings. The highest BCUT2D eigenvalue weighted by Crippen LogP contribution is 2.22. The maximum atomic E-state index is 4.76. The van der Waals surface area contributed by atoms with E-state index in [4.69, 9.17) is 4.98 Å². The van der Waals surface area contributed by atoms with E-state index in [2.05, 4.69) is 48.3 Å². The van der Waals surface area contributed by atoms with E-state index in [0.29, 0.717) is 0 Å². The van der Waals surface area contributed by atoms with Crippen LogP contribution in [0.25, 0.3) is 10.9 Å². The van der Waals surface area contributed by atoms with Gasteiger partial charge in [-0.05, 0) is 38.6 Å². The van der Waals surface area contributed by atoms with Crippen molar-refractivity contribution >= 4 is 16.7 Å². The third-order valence-electron chi connectivity index (χ3n) is 3.24. The summed E-state index contributed by atoms with van der Waals surface area (Å²) in [6.45, 7) is 7.18. The summed E-state index contributed by atoms with van der Waals surface area (Å²) in [4.78, 5) is 7.04. The van der Waals surface area contributed by atoms with Gasteiger partial charge in [-0.2, -0.15) is 0 Å². The third-order valence-corrected chi connectivity index (χ3v) is 3.24. The molecule has 0 atom stereocenters. The minimum atomic E-state index is 0.872. The van der Waals surface area contributed by atoms with E-state index >= 15 is 0 Å². The number of pyridine rings is 1. The fourth-order valence-electron chi connectivity index (χ4n) is 2.28. The number of benzene rings is 1. The second-order valence-corrected chi connectivity index (χ2v) is 4.36. The van der Waals surface area contributed by atoms with Gasteiger partial charge in [0.1, 0.15) is 5.82 Å². The molecule has 0 spiro atoms. The number of aromatic nitrogens is 1. The zero-order valence-electron chi connectivity index (χ0n) is 11.4. The van der Waals surface area contributed by atoms with E-state index in [0.717, 1.165) is 31.0 Å². The molecule has 3 heteroatoms. The monoisotopic (exact) mass is 243 g/mol. The number of fused-ring (bicyclic) bond motifs is 1. The summed E-state index contributed by atoms with van der Waals surface area (Å²) in [5.41, 5.74) is 2.39. The Labute approximate surface area is 109 Å². The predicted octanol–water partition coefficient (Wildman–Crippen LogP) is 2.80. The summed E-state index contributed by atoms with van der Waals surface area (Å²) < 4.78 is 0. The lowest BCUT2D eigenvalue weighted by Crippen LogP contribution is -2.23. The van der Waals surface area contributed by atoms with Crippen LogP contribution in [0.3, 0.4) is 0 Å².